The molecule has 0 bridgehead atoms. The largest absolute Gasteiger partial charge is 0.477 e. The second kappa shape index (κ2) is 9.41. The standard InChI is InChI=1S/C24H23N3O2S2/c1-16(2)17-8-10-18(11-9-17)22-15-31-24(26-22)27(14-20-6-4-12-30-20)13-19-5-3-7-21(25-19)23(28)29/h3-12,15-16H,13-14H2,1-2H3,(H,28,29). The number of rotatable bonds is 8. The minimum Gasteiger partial charge on any atom is -0.477 e. The number of benzene rings is 1. The van der Waals surface area contributed by atoms with Crippen molar-refractivity contribution in [3.05, 3.63) is 87.2 Å². The van der Waals surface area contributed by atoms with E-state index in [1.54, 1.807) is 28.7 Å². The molecule has 0 aliphatic carbocycles. The second-order valence-corrected chi connectivity index (χ2v) is 9.42. The minimum absolute atomic E-state index is 0.0543. The Morgan fingerprint density at radius 1 is 1.00 bits per heavy atom. The van der Waals surface area contributed by atoms with Crippen molar-refractivity contribution < 1.29 is 9.90 Å². The first-order valence-electron chi connectivity index (χ1n) is 10.0. The van der Waals surface area contributed by atoms with Gasteiger partial charge >= 0.3 is 5.97 Å². The maximum Gasteiger partial charge on any atom is 0.354 e. The summed E-state index contributed by atoms with van der Waals surface area (Å²) in [6, 6.07) is 17.8. The van der Waals surface area contributed by atoms with Crippen LogP contribution < -0.4 is 4.90 Å². The van der Waals surface area contributed by atoms with Gasteiger partial charge in [-0.2, -0.15) is 0 Å². The topological polar surface area (TPSA) is 66.3 Å². The van der Waals surface area contributed by atoms with Gasteiger partial charge in [0.2, 0.25) is 0 Å². The lowest BCUT2D eigenvalue weighted by Crippen LogP contribution is -2.22. The summed E-state index contributed by atoms with van der Waals surface area (Å²) in [5.41, 5.74) is 4.10. The average molecular weight is 450 g/mol. The Morgan fingerprint density at radius 3 is 2.48 bits per heavy atom. The molecule has 1 N–H and O–H groups in total. The van der Waals surface area contributed by atoms with Crippen molar-refractivity contribution in [2.45, 2.75) is 32.9 Å². The van der Waals surface area contributed by atoms with Crippen LogP contribution in [0.3, 0.4) is 0 Å². The van der Waals surface area contributed by atoms with Gasteiger partial charge in [-0.3, -0.25) is 0 Å². The van der Waals surface area contributed by atoms with Crippen molar-refractivity contribution in [2.24, 2.45) is 0 Å². The van der Waals surface area contributed by atoms with E-state index in [0.29, 0.717) is 24.7 Å². The zero-order valence-electron chi connectivity index (χ0n) is 17.4. The van der Waals surface area contributed by atoms with Gasteiger partial charge in [-0.15, -0.1) is 22.7 Å². The summed E-state index contributed by atoms with van der Waals surface area (Å²) in [5.74, 6) is -0.525. The van der Waals surface area contributed by atoms with E-state index in [1.807, 2.05) is 12.1 Å². The number of hydrogen-bond donors (Lipinski definition) is 1. The molecule has 0 radical (unpaired) electrons. The number of hydrogen-bond acceptors (Lipinski definition) is 6. The van der Waals surface area contributed by atoms with Crippen molar-refractivity contribution in [1.82, 2.24) is 9.97 Å². The van der Waals surface area contributed by atoms with Gasteiger partial charge < -0.3 is 10.0 Å². The van der Waals surface area contributed by atoms with E-state index < -0.39 is 5.97 Å². The Hall–Kier alpha value is -3.03. The Balaban J connectivity index is 1.61. The number of nitrogens with zero attached hydrogens (tertiary/aromatic N) is 3. The van der Waals surface area contributed by atoms with Crippen LogP contribution in [0.1, 0.15) is 46.4 Å². The smallest absolute Gasteiger partial charge is 0.354 e. The van der Waals surface area contributed by atoms with Crippen LogP contribution in [-0.4, -0.2) is 21.0 Å². The van der Waals surface area contributed by atoms with Crippen LogP contribution in [-0.2, 0) is 13.1 Å². The molecule has 31 heavy (non-hydrogen) atoms. The molecule has 0 atom stereocenters. The molecule has 3 heterocycles. The van der Waals surface area contributed by atoms with Crippen molar-refractivity contribution in [3.8, 4) is 11.3 Å². The number of aromatic nitrogens is 2. The van der Waals surface area contributed by atoms with Crippen LogP contribution in [0.2, 0.25) is 0 Å². The fourth-order valence-corrected chi connectivity index (χ4v) is 4.80. The van der Waals surface area contributed by atoms with E-state index in [-0.39, 0.29) is 5.69 Å². The lowest BCUT2D eigenvalue weighted by Gasteiger charge is -2.21. The number of carbonyl (C=O) groups is 1. The van der Waals surface area contributed by atoms with Crippen molar-refractivity contribution in [1.29, 1.82) is 0 Å². The summed E-state index contributed by atoms with van der Waals surface area (Å²) in [6.45, 7) is 5.55. The molecule has 158 valence electrons. The van der Waals surface area contributed by atoms with E-state index in [4.69, 9.17) is 4.98 Å². The molecule has 0 spiro atoms. The summed E-state index contributed by atoms with van der Waals surface area (Å²) in [6.07, 6.45) is 0. The third-order valence-electron chi connectivity index (χ3n) is 4.94. The number of carboxylic acid groups (broad SMARTS) is 1. The fourth-order valence-electron chi connectivity index (χ4n) is 3.25. The van der Waals surface area contributed by atoms with Gasteiger partial charge in [0.15, 0.2) is 5.13 Å². The summed E-state index contributed by atoms with van der Waals surface area (Å²) < 4.78 is 0. The highest BCUT2D eigenvalue weighted by atomic mass is 32.1. The maximum absolute atomic E-state index is 11.3. The van der Waals surface area contributed by atoms with Crippen LogP contribution in [0.15, 0.2) is 65.4 Å². The van der Waals surface area contributed by atoms with Crippen molar-refractivity contribution in [2.75, 3.05) is 4.90 Å². The summed E-state index contributed by atoms with van der Waals surface area (Å²) in [5, 5.41) is 14.3. The first-order valence-corrected chi connectivity index (χ1v) is 11.8. The highest BCUT2D eigenvalue weighted by molar-refractivity contribution is 7.14. The molecular formula is C24H23N3O2S2. The molecule has 4 aromatic rings. The molecule has 0 saturated carbocycles. The van der Waals surface area contributed by atoms with Crippen LogP contribution in [0.4, 0.5) is 5.13 Å². The number of thiophene rings is 1. The Morgan fingerprint density at radius 2 is 1.81 bits per heavy atom. The number of pyridine rings is 1. The third kappa shape index (κ3) is 5.18. The van der Waals surface area contributed by atoms with Crippen LogP contribution >= 0.6 is 22.7 Å². The van der Waals surface area contributed by atoms with Crippen LogP contribution in [0.5, 0.6) is 0 Å². The predicted octanol–water partition coefficient (Wildman–Crippen LogP) is 6.30. The summed E-state index contributed by atoms with van der Waals surface area (Å²) >= 11 is 3.28. The van der Waals surface area contributed by atoms with Gasteiger partial charge in [0.05, 0.1) is 24.5 Å². The first-order chi connectivity index (χ1) is 15.0. The molecule has 0 fully saturated rings. The van der Waals surface area contributed by atoms with E-state index in [2.05, 4.69) is 64.8 Å². The second-order valence-electron chi connectivity index (χ2n) is 7.55. The molecule has 7 heteroatoms. The molecule has 0 aliphatic heterocycles. The van der Waals surface area contributed by atoms with Gasteiger partial charge in [-0.1, -0.05) is 50.2 Å². The predicted molar refractivity (Wildman–Crippen MR) is 127 cm³/mol. The van der Waals surface area contributed by atoms with Gasteiger partial charge in [0.1, 0.15) is 5.69 Å². The normalized spacial score (nSPS) is 11.1. The highest BCUT2D eigenvalue weighted by Crippen LogP contribution is 2.30. The highest BCUT2D eigenvalue weighted by Gasteiger charge is 2.16. The summed E-state index contributed by atoms with van der Waals surface area (Å²) in [4.78, 5) is 23.9. The summed E-state index contributed by atoms with van der Waals surface area (Å²) in [7, 11) is 0. The SMILES string of the molecule is CC(C)c1ccc(-c2csc(N(Cc3cccc(C(=O)O)n3)Cc3cccs3)n2)cc1. The van der Waals surface area contributed by atoms with E-state index >= 15 is 0 Å². The number of thiazole rings is 1. The van der Waals surface area contributed by atoms with Gasteiger partial charge in [0, 0.05) is 15.8 Å². The monoisotopic (exact) mass is 449 g/mol. The average Bonchev–Trinajstić information content (AvgIpc) is 3.46. The molecule has 3 aromatic heterocycles. The fraction of sp³-hybridized carbons (Fsp3) is 0.208. The van der Waals surface area contributed by atoms with Crippen LogP contribution in [0, 0.1) is 0 Å². The minimum atomic E-state index is -1.02. The number of aromatic carboxylic acids is 1. The Kier molecular flexibility index (Phi) is 6.44. The number of anilines is 1. The molecule has 0 amide bonds. The molecule has 5 nitrogen and oxygen atoms in total. The number of carboxylic acids is 1. The maximum atomic E-state index is 11.3. The molecular weight excluding hydrogens is 426 g/mol. The first kappa shape index (κ1) is 21.2. The lowest BCUT2D eigenvalue weighted by atomic mass is 10.0. The Labute approximate surface area is 189 Å². The van der Waals surface area contributed by atoms with E-state index in [9.17, 15) is 9.90 Å². The van der Waals surface area contributed by atoms with Crippen LogP contribution in [0.25, 0.3) is 11.3 Å². The zero-order valence-corrected chi connectivity index (χ0v) is 19.0. The third-order valence-corrected chi connectivity index (χ3v) is 6.70. The van der Waals surface area contributed by atoms with Crippen molar-refractivity contribution >= 4 is 33.8 Å². The van der Waals surface area contributed by atoms with Gasteiger partial charge in [-0.05, 0) is 35.1 Å². The molecule has 0 aliphatic rings. The van der Waals surface area contributed by atoms with Gasteiger partial charge in [0.25, 0.3) is 0 Å². The Bertz CT molecular complexity index is 1150. The molecule has 4 rings (SSSR count). The van der Waals surface area contributed by atoms with E-state index in [1.165, 1.54) is 16.5 Å². The molecule has 0 unspecified atom stereocenters. The van der Waals surface area contributed by atoms with E-state index in [0.717, 1.165) is 16.4 Å². The molecule has 0 saturated heterocycles. The lowest BCUT2D eigenvalue weighted by molar-refractivity contribution is 0.0690. The van der Waals surface area contributed by atoms with Crippen molar-refractivity contribution in [3.63, 3.8) is 0 Å². The van der Waals surface area contributed by atoms with Gasteiger partial charge in [-0.25, -0.2) is 14.8 Å². The molecule has 1 aromatic carbocycles. The quantitative estimate of drug-likeness (QED) is 0.342. The zero-order chi connectivity index (χ0) is 21.8.